The Bertz CT molecular complexity index is 463. The molecule has 2 aliphatic carbocycles. The van der Waals surface area contributed by atoms with E-state index in [9.17, 15) is 8.78 Å². The van der Waals surface area contributed by atoms with E-state index in [4.69, 9.17) is 5.84 Å². The molecule has 4 atom stereocenters. The normalized spacial score (nSPS) is 30.8. The van der Waals surface area contributed by atoms with Crippen molar-refractivity contribution < 1.29 is 8.78 Å². The Kier molecular flexibility index (Phi) is 3.54. The molecule has 19 heavy (non-hydrogen) atoms. The van der Waals surface area contributed by atoms with Gasteiger partial charge in [-0.15, -0.1) is 0 Å². The van der Waals surface area contributed by atoms with Gasteiger partial charge >= 0.3 is 0 Å². The van der Waals surface area contributed by atoms with E-state index in [1.165, 1.54) is 37.8 Å². The number of halogens is 2. The van der Waals surface area contributed by atoms with Crippen LogP contribution in [0.5, 0.6) is 0 Å². The molecule has 0 radical (unpaired) electrons. The van der Waals surface area contributed by atoms with Crippen LogP contribution in [-0.4, -0.2) is 0 Å². The van der Waals surface area contributed by atoms with E-state index in [2.05, 4.69) is 5.43 Å². The lowest BCUT2D eigenvalue weighted by atomic mass is 9.83. The van der Waals surface area contributed by atoms with Gasteiger partial charge in [0.1, 0.15) is 11.6 Å². The molecule has 2 nitrogen and oxygen atoms in total. The van der Waals surface area contributed by atoms with Gasteiger partial charge in [-0.1, -0.05) is 6.42 Å². The van der Waals surface area contributed by atoms with Crippen LogP contribution in [0.15, 0.2) is 18.2 Å². The number of fused-ring (bicyclic) bond motifs is 2. The van der Waals surface area contributed by atoms with E-state index < -0.39 is 5.82 Å². The van der Waals surface area contributed by atoms with Crippen LogP contribution in [0.25, 0.3) is 0 Å². The van der Waals surface area contributed by atoms with E-state index in [0.29, 0.717) is 11.5 Å². The van der Waals surface area contributed by atoms with Crippen molar-refractivity contribution >= 4 is 0 Å². The summed E-state index contributed by atoms with van der Waals surface area (Å²) in [4.78, 5) is 0. The van der Waals surface area contributed by atoms with Crippen LogP contribution in [0.3, 0.4) is 0 Å². The molecule has 1 aromatic carbocycles. The van der Waals surface area contributed by atoms with Gasteiger partial charge in [-0.3, -0.25) is 11.3 Å². The van der Waals surface area contributed by atoms with Crippen LogP contribution in [0.2, 0.25) is 0 Å². The van der Waals surface area contributed by atoms with E-state index >= 15 is 0 Å². The predicted octanol–water partition coefficient (Wildman–Crippen LogP) is 3.30. The van der Waals surface area contributed by atoms with Gasteiger partial charge < -0.3 is 0 Å². The Morgan fingerprint density at radius 3 is 2.74 bits per heavy atom. The third-order valence-corrected chi connectivity index (χ3v) is 4.96. The quantitative estimate of drug-likeness (QED) is 0.648. The molecular weight excluding hydrogens is 246 g/mol. The molecule has 0 saturated heterocycles. The molecule has 0 aromatic heterocycles. The first-order chi connectivity index (χ1) is 9.17. The van der Waals surface area contributed by atoms with Crippen molar-refractivity contribution in [2.75, 3.05) is 0 Å². The zero-order chi connectivity index (χ0) is 13.4. The van der Waals surface area contributed by atoms with Gasteiger partial charge in [-0.05, 0) is 61.6 Å². The molecule has 0 amide bonds. The third kappa shape index (κ3) is 2.51. The Labute approximate surface area is 112 Å². The molecule has 4 unspecified atom stereocenters. The van der Waals surface area contributed by atoms with Gasteiger partial charge in [-0.2, -0.15) is 0 Å². The summed E-state index contributed by atoms with van der Waals surface area (Å²) in [6.07, 6.45) is 5.97. The maximum atomic E-state index is 13.8. The van der Waals surface area contributed by atoms with Crippen molar-refractivity contribution in [3.8, 4) is 0 Å². The maximum absolute atomic E-state index is 13.8. The topological polar surface area (TPSA) is 38.0 Å². The average Bonchev–Trinajstić information content (AvgIpc) is 3.01. The van der Waals surface area contributed by atoms with Gasteiger partial charge in [0, 0.05) is 11.6 Å². The highest BCUT2D eigenvalue weighted by Gasteiger charge is 2.40. The summed E-state index contributed by atoms with van der Waals surface area (Å²) in [5, 5.41) is 0. The Morgan fingerprint density at radius 2 is 2.11 bits per heavy atom. The molecule has 3 rings (SSSR count). The molecule has 0 heterocycles. The highest BCUT2D eigenvalue weighted by atomic mass is 19.1. The summed E-state index contributed by atoms with van der Waals surface area (Å²) in [5.41, 5.74) is 3.02. The Morgan fingerprint density at radius 1 is 1.26 bits per heavy atom. The van der Waals surface area contributed by atoms with Crippen molar-refractivity contribution in [2.45, 2.75) is 38.1 Å². The second-order valence-electron chi connectivity index (χ2n) is 6.06. The van der Waals surface area contributed by atoms with Crippen molar-refractivity contribution in [1.29, 1.82) is 0 Å². The molecule has 2 aliphatic rings. The van der Waals surface area contributed by atoms with Crippen molar-refractivity contribution in [3.05, 3.63) is 35.4 Å². The molecule has 0 spiro atoms. The fourth-order valence-corrected chi connectivity index (χ4v) is 4.03. The summed E-state index contributed by atoms with van der Waals surface area (Å²) < 4.78 is 27.1. The maximum Gasteiger partial charge on any atom is 0.128 e. The van der Waals surface area contributed by atoms with Crippen molar-refractivity contribution in [1.82, 2.24) is 5.43 Å². The van der Waals surface area contributed by atoms with Crippen LogP contribution in [0, 0.1) is 29.4 Å². The first-order valence-corrected chi connectivity index (χ1v) is 7.08. The van der Waals surface area contributed by atoms with Crippen LogP contribution in [0.4, 0.5) is 8.78 Å². The standard InChI is InChI=1S/C15H20F2N2/c16-12-3-4-14(17)13(8-12)15(19-18)7-11-6-9-1-2-10(11)5-9/h3-4,8-11,15,19H,1-2,5-7,18H2. The lowest BCUT2D eigenvalue weighted by Gasteiger charge is -2.26. The second kappa shape index (κ2) is 5.17. The molecule has 3 N–H and O–H groups in total. The summed E-state index contributed by atoms with van der Waals surface area (Å²) >= 11 is 0. The monoisotopic (exact) mass is 266 g/mol. The lowest BCUT2D eigenvalue weighted by molar-refractivity contribution is 0.277. The number of hydrogen-bond acceptors (Lipinski definition) is 2. The van der Waals surface area contributed by atoms with Crippen LogP contribution in [0.1, 0.15) is 43.7 Å². The van der Waals surface area contributed by atoms with Gasteiger partial charge in [0.25, 0.3) is 0 Å². The minimum Gasteiger partial charge on any atom is -0.271 e. The van der Waals surface area contributed by atoms with Crippen molar-refractivity contribution in [3.63, 3.8) is 0 Å². The SMILES string of the molecule is NNC(CC1CC2CCC1C2)c1cc(F)ccc1F. The Balaban J connectivity index is 1.75. The van der Waals surface area contributed by atoms with Crippen molar-refractivity contribution in [2.24, 2.45) is 23.6 Å². The van der Waals surface area contributed by atoms with Gasteiger partial charge in [0.15, 0.2) is 0 Å². The molecule has 2 saturated carbocycles. The minimum atomic E-state index is -0.412. The third-order valence-electron chi connectivity index (χ3n) is 4.96. The molecule has 4 heteroatoms. The summed E-state index contributed by atoms with van der Waals surface area (Å²) in [6.45, 7) is 0. The smallest absolute Gasteiger partial charge is 0.128 e. The summed E-state index contributed by atoms with van der Waals surface area (Å²) in [7, 11) is 0. The molecule has 2 fully saturated rings. The fourth-order valence-electron chi connectivity index (χ4n) is 4.03. The number of nitrogens with two attached hydrogens (primary N) is 1. The summed E-state index contributed by atoms with van der Waals surface area (Å²) in [5.74, 6) is 6.98. The highest BCUT2D eigenvalue weighted by molar-refractivity contribution is 5.22. The molecule has 0 aliphatic heterocycles. The van der Waals surface area contributed by atoms with Crippen LogP contribution in [-0.2, 0) is 0 Å². The summed E-state index contributed by atoms with van der Waals surface area (Å²) in [6, 6.07) is 3.28. The number of hydrazine groups is 1. The largest absolute Gasteiger partial charge is 0.271 e. The lowest BCUT2D eigenvalue weighted by Crippen LogP contribution is -2.31. The fraction of sp³-hybridized carbons (Fsp3) is 0.600. The average molecular weight is 266 g/mol. The second-order valence-corrected chi connectivity index (χ2v) is 6.06. The Hall–Kier alpha value is -1.00. The number of nitrogens with one attached hydrogen (secondary N) is 1. The highest BCUT2D eigenvalue weighted by Crippen LogP contribution is 2.50. The van der Waals surface area contributed by atoms with E-state index in [0.717, 1.165) is 24.3 Å². The van der Waals surface area contributed by atoms with E-state index in [-0.39, 0.29) is 11.9 Å². The number of hydrogen-bond donors (Lipinski definition) is 2. The minimum absolute atomic E-state index is 0.292. The number of rotatable bonds is 4. The number of benzene rings is 1. The molecular formula is C15H20F2N2. The first-order valence-electron chi connectivity index (χ1n) is 7.08. The zero-order valence-electron chi connectivity index (χ0n) is 10.9. The zero-order valence-corrected chi connectivity index (χ0v) is 10.9. The van der Waals surface area contributed by atoms with E-state index in [1.54, 1.807) is 0 Å². The van der Waals surface area contributed by atoms with Crippen LogP contribution < -0.4 is 11.3 Å². The molecule has 104 valence electrons. The van der Waals surface area contributed by atoms with Gasteiger partial charge in [0.2, 0.25) is 0 Å². The van der Waals surface area contributed by atoms with Gasteiger partial charge in [0.05, 0.1) is 0 Å². The van der Waals surface area contributed by atoms with Crippen LogP contribution >= 0.6 is 0 Å². The van der Waals surface area contributed by atoms with Gasteiger partial charge in [-0.25, -0.2) is 8.78 Å². The molecule has 1 aromatic rings. The molecule has 2 bridgehead atoms. The van der Waals surface area contributed by atoms with E-state index in [1.807, 2.05) is 0 Å². The first kappa shape index (κ1) is 13.0. The predicted molar refractivity (Wildman–Crippen MR) is 70.0 cm³/mol.